The Kier molecular flexibility index (Phi) is 11.5. The number of rotatable bonds is 11. The fourth-order valence-corrected chi connectivity index (χ4v) is 5.49. The van der Waals surface area contributed by atoms with Gasteiger partial charge in [-0.2, -0.15) is 0 Å². The van der Waals surface area contributed by atoms with Crippen molar-refractivity contribution in [1.82, 2.24) is 10.2 Å². The summed E-state index contributed by atoms with van der Waals surface area (Å²) in [5, 5.41) is 15.1. The number of ether oxygens (including phenoxy) is 1. The molecule has 0 bridgehead atoms. The van der Waals surface area contributed by atoms with Crippen molar-refractivity contribution in [3.63, 3.8) is 0 Å². The Morgan fingerprint density at radius 3 is 2.37 bits per heavy atom. The highest BCUT2D eigenvalue weighted by Gasteiger charge is 2.42. The number of nitrogens with one attached hydrogen (secondary N) is 1. The van der Waals surface area contributed by atoms with Crippen LogP contribution in [0, 0.1) is 17.8 Å². The van der Waals surface area contributed by atoms with E-state index >= 15 is 0 Å². The minimum atomic E-state index is -0.802. The van der Waals surface area contributed by atoms with E-state index in [1.54, 1.807) is 11.0 Å². The van der Waals surface area contributed by atoms with Crippen LogP contribution in [-0.2, 0) is 9.53 Å². The van der Waals surface area contributed by atoms with Crippen molar-refractivity contribution in [2.75, 3.05) is 24.5 Å². The van der Waals surface area contributed by atoms with E-state index in [2.05, 4.69) is 51.8 Å². The highest BCUT2D eigenvalue weighted by Crippen LogP contribution is 2.33. The van der Waals surface area contributed by atoms with Crippen LogP contribution in [0.4, 0.5) is 10.5 Å². The lowest BCUT2D eigenvalue weighted by molar-refractivity contribution is -0.124. The maximum atomic E-state index is 13.3. The van der Waals surface area contributed by atoms with Crippen LogP contribution in [0.1, 0.15) is 81.6 Å². The van der Waals surface area contributed by atoms with Gasteiger partial charge in [0.2, 0.25) is 5.91 Å². The van der Waals surface area contributed by atoms with Gasteiger partial charge in [0, 0.05) is 18.6 Å². The van der Waals surface area contributed by atoms with Gasteiger partial charge in [-0.3, -0.25) is 9.69 Å². The first-order valence-electron chi connectivity index (χ1n) is 14.1. The van der Waals surface area contributed by atoms with Gasteiger partial charge in [0.1, 0.15) is 5.60 Å². The largest absolute Gasteiger partial charge is 0.444 e. The number of aliphatic hydroxyl groups is 1. The van der Waals surface area contributed by atoms with Crippen LogP contribution >= 0.6 is 11.6 Å². The number of benzene rings is 1. The van der Waals surface area contributed by atoms with E-state index in [4.69, 9.17) is 16.3 Å². The molecule has 1 unspecified atom stereocenters. The molecule has 1 aliphatic heterocycles. The SMILES string of the molecule is CC[C@H](C)C[C@H](CC)C(C)[C@H](O)[C@H](CN1CC(=O)N(c2ccccc2Cl)CC1(C)C)NC(=O)OC(C)(C)C. The Balaban J connectivity index is 2.29. The molecule has 8 heteroatoms. The zero-order valence-electron chi connectivity index (χ0n) is 24.9. The summed E-state index contributed by atoms with van der Waals surface area (Å²) in [6, 6.07) is 6.75. The first-order chi connectivity index (χ1) is 17.6. The second-order valence-electron chi connectivity index (χ2n) is 12.6. The number of nitrogens with zero attached hydrogens (tertiary/aromatic N) is 2. The molecule has 2 rings (SSSR count). The number of amides is 2. The lowest BCUT2D eigenvalue weighted by atomic mass is 9.78. The van der Waals surface area contributed by atoms with Gasteiger partial charge < -0.3 is 20.1 Å². The van der Waals surface area contributed by atoms with Crippen molar-refractivity contribution in [2.24, 2.45) is 17.8 Å². The summed E-state index contributed by atoms with van der Waals surface area (Å²) < 4.78 is 5.55. The molecule has 2 amide bonds. The van der Waals surface area contributed by atoms with Gasteiger partial charge in [0.05, 0.1) is 29.4 Å². The Bertz CT molecular complexity index is 932. The third-order valence-corrected chi connectivity index (χ3v) is 8.23. The van der Waals surface area contributed by atoms with Crippen LogP contribution in [0.25, 0.3) is 0 Å². The Labute approximate surface area is 235 Å². The predicted octanol–water partition coefficient (Wildman–Crippen LogP) is 6.12. The Morgan fingerprint density at radius 1 is 1.18 bits per heavy atom. The van der Waals surface area contributed by atoms with Crippen LogP contribution in [0.15, 0.2) is 24.3 Å². The molecule has 2 N–H and O–H groups in total. The second kappa shape index (κ2) is 13.5. The summed E-state index contributed by atoms with van der Waals surface area (Å²) in [6.45, 7) is 19.1. The van der Waals surface area contributed by atoms with Gasteiger partial charge >= 0.3 is 6.09 Å². The molecular formula is C30H50ClN3O4. The molecular weight excluding hydrogens is 502 g/mol. The molecule has 1 aromatic carbocycles. The third-order valence-electron chi connectivity index (χ3n) is 7.91. The van der Waals surface area contributed by atoms with Crippen LogP contribution in [-0.4, -0.2) is 64.9 Å². The zero-order valence-corrected chi connectivity index (χ0v) is 25.6. The molecule has 1 fully saturated rings. The topological polar surface area (TPSA) is 82.1 Å². The summed E-state index contributed by atoms with van der Waals surface area (Å²) in [6.07, 6.45) is 1.68. The minimum absolute atomic E-state index is 0.0443. The average Bonchev–Trinajstić information content (AvgIpc) is 2.82. The lowest BCUT2D eigenvalue weighted by Crippen LogP contribution is -2.65. The molecule has 1 heterocycles. The van der Waals surface area contributed by atoms with Gasteiger partial charge in [0.15, 0.2) is 0 Å². The molecule has 7 nitrogen and oxygen atoms in total. The van der Waals surface area contributed by atoms with E-state index in [-0.39, 0.29) is 18.4 Å². The molecule has 5 atom stereocenters. The molecule has 1 saturated heterocycles. The number of anilines is 1. The molecule has 1 aliphatic rings. The molecule has 0 spiro atoms. The third kappa shape index (κ3) is 8.85. The number of carbonyl (C=O) groups is 2. The van der Waals surface area contributed by atoms with E-state index in [1.807, 2.05) is 39.0 Å². The van der Waals surface area contributed by atoms with Crippen LogP contribution < -0.4 is 10.2 Å². The zero-order chi connectivity index (χ0) is 28.8. The van der Waals surface area contributed by atoms with Crippen molar-refractivity contribution in [3.05, 3.63) is 29.3 Å². The summed E-state index contributed by atoms with van der Waals surface area (Å²) in [5.74, 6) is 0.757. The van der Waals surface area contributed by atoms with Gasteiger partial charge in [-0.15, -0.1) is 0 Å². The number of carbonyl (C=O) groups excluding carboxylic acids is 2. The first kappa shape index (κ1) is 32.4. The van der Waals surface area contributed by atoms with Crippen molar-refractivity contribution in [1.29, 1.82) is 0 Å². The predicted molar refractivity (Wildman–Crippen MR) is 156 cm³/mol. The number of piperazine rings is 1. The fourth-order valence-electron chi connectivity index (χ4n) is 5.26. The number of para-hydroxylation sites is 1. The van der Waals surface area contributed by atoms with Crippen molar-refractivity contribution in [3.8, 4) is 0 Å². The average molecular weight is 552 g/mol. The minimum Gasteiger partial charge on any atom is -0.444 e. The lowest BCUT2D eigenvalue weighted by Gasteiger charge is -2.48. The highest BCUT2D eigenvalue weighted by molar-refractivity contribution is 6.33. The summed E-state index contributed by atoms with van der Waals surface area (Å²) >= 11 is 6.41. The standard InChI is InChI=1S/C30H50ClN3O4/c1-10-20(3)16-22(11-2)21(4)27(36)24(32-28(37)38-29(5,6)7)17-33-18-26(35)34(19-30(33,8)9)25-15-13-12-14-23(25)31/h12-15,20-22,24,27,36H,10-11,16-19H2,1-9H3,(H,32,37)/t20-,21?,22-,24-,27-/m0/s1. The number of hydrogen-bond donors (Lipinski definition) is 2. The van der Waals surface area contributed by atoms with Crippen molar-refractivity contribution >= 4 is 29.3 Å². The van der Waals surface area contributed by atoms with E-state index in [0.29, 0.717) is 35.6 Å². The van der Waals surface area contributed by atoms with Crippen LogP contribution in [0.2, 0.25) is 5.02 Å². The summed E-state index contributed by atoms with van der Waals surface area (Å²) in [4.78, 5) is 29.9. The van der Waals surface area contributed by atoms with Gasteiger partial charge in [-0.05, 0) is 70.9 Å². The summed E-state index contributed by atoms with van der Waals surface area (Å²) in [7, 11) is 0. The molecule has 1 aromatic rings. The number of aliphatic hydroxyl groups excluding tert-OH is 1. The van der Waals surface area contributed by atoms with Gasteiger partial charge in [0.25, 0.3) is 0 Å². The maximum Gasteiger partial charge on any atom is 0.408 e. The Hall–Kier alpha value is -1.83. The molecule has 0 radical (unpaired) electrons. The maximum absolute atomic E-state index is 13.3. The normalized spacial score (nSPS) is 20.4. The molecule has 38 heavy (non-hydrogen) atoms. The van der Waals surface area contributed by atoms with E-state index in [9.17, 15) is 14.7 Å². The van der Waals surface area contributed by atoms with Gasteiger partial charge in [-0.25, -0.2) is 4.79 Å². The smallest absolute Gasteiger partial charge is 0.408 e. The molecule has 0 aromatic heterocycles. The fraction of sp³-hybridized carbons (Fsp3) is 0.733. The summed E-state index contributed by atoms with van der Waals surface area (Å²) in [5.41, 5.74) is -0.395. The first-order valence-corrected chi connectivity index (χ1v) is 14.4. The monoisotopic (exact) mass is 551 g/mol. The second-order valence-corrected chi connectivity index (χ2v) is 13.1. The highest BCUT2D eigenvalue weighted by atomic mass is 35.5. The van der Waals surface area contributed by atoms with E-state index in [1.165, 1.54) is 0 Å². The number of alkyl carbamates (subject to hydrolysis) is 1. The molecule has 0 aliphatic carbocycles. The van der Waals surface area contributed by atoms with Gasteiger partial charge in [-0.1, -0.05) is 64.3 Å². The number of halogens is 1. The number of hydrogen-bond acceptors (Lipinski definition) is 5. The Morgan fingerprint density at radius 2 is 1.82 bits per heavy atom. The van der Waals surface area contributed by atoms with Crippen LogP contribution in [0.3, 0.4) is 0 Å². The van der Waals surface area contributed by atoms with E-state index in [0.717, 1.165) is 19.3 Å². The quantitative estimate of drug-likeness (QED) is 0.346. The van der Waals surface area contributed by atoms with E-state index < -0.39 is 29.4 Å². The van der Waals surface area contributed by atoms with Crippen LogP contribution in [0.5, 0.6) is 0 Å². The molecule has 0 saturated carbocycles. The van der Waals surface area contributed by atoms with Crippen molar-refractivity contribution in [2.45, 2.75) is 105 Å². The molecule has 216 valence electrons. The van der Waals surface area contributed by atoms with Crippen molar-refractivity contribution < 1.29 is 19.4 Å².